The van der Waals surface area contributed by atoms with E-state index in [-0.39, 0.29) is 11.8 Å². The highest BCUT2D eigenvalue weighted by molar-refractivity contribution is 5.84. The molecule has 0 aliphatic carbocycles. The number of para-hydroxylation sites is 1. The predicted octanol–water partition coefficient (Wildman–Crippen LogP) is 1.99. The number of rotatable bonds is 5. The van der Waals surface area contributed by atoms with Gasteiger partial charge in [-0.15, -0.1) is 5.10 Å². The molecule has 0 bridgehead atoms. The maximum atomic E-state index is 12.6. The van der Waals surface area contributed by atoms with Gasteiger partial charge in [0.15, 0.2) is 5.82 Å². The fourth-order valence-electron chi connectivity index (χ4n) is 3.40. The molecule has 0 radical (unpaired) electrons. The molecule has 3 heterocycles. The topological polar surface area (TPSA) is 94.8 Å². The van der Waals surface area contributed by atoms with Crippen molar-refractivity contribution in [2.75, 3.05) is 13.2 Å². The lowest BCUT2D eigenvalue weighted by atomic mass is 10.0. The van der Waals surface area contributed by atoms with Gasteiger partial charge in [0.05, 0.1) is 12.5 Å². The van der Waals surface area contributed by atoms with Crippen molar-refractivity contribution >= 4 is 16.8 Å². The summed E-state index contributed by atoms with van der Waals surface area (Å²) in [4.78, 5) is 17.1. The van der Waals surface area contributed by atoms with Gasteiger partial charge < -0.3 is 10.1 Å². The molecule has 0 saturated carbocycles. The molecule has 4 rings (SSSR count). The van der Waals surface area contributed by atoms with E-state index in [4.69, 9.17) is 4.74 Å². The van der Waals surface area contributed by atoms with Crippen LogP contribution in [0, 0.1) is 6.92 Å². The maximum Gasteiger partial charge on any atom is 0.230 e. The lowest BCUT2D eigenvalue weighted by molar-refractivity contribution is -0.123. The van der Waals surface area contributed by atoms with Crippen LogP contribution in [0.3, 0.4) is 0 Å². The third-order valence-electron chi connectivity index (χ3n) is 4.78. The van der Waals surface area contributed by atoms with Crippen LogP contribution in [-0.4, -0.2) is 44.3 Å². The highest BCUT2D eigenvalue weighted by atomic mass is 16.5. The maximum absolute atomic E-state index is 12.6. The second-order valence-corrected chi connectivity index (χ2v) is 6.73. The van der Waals surface area contributed by atoms with Gasteiger partial charge in [-0.25, -0.2) is 9.67 Å². The number of ether oxygens (including phenoxy) is 1. The first-order chi connectivity index (χ1) is 13.2. The third kappa shape index (κ3) is 3.74. The van der Waals surface area contributed by atoms with Crippen LogP contribution in [0.2, 0.25) is 0 Å². The molecular formula is C19H22N6O2. The first-order valence-corrected chi connectivity index (χ1v) is 9.25. The highest BCUT2D eigenvalue weighted by Crippen LogP contribution is 2.25. The zero-order valence-electron chi connectivity index (χ0n) is 15.3. The van der Waals surface area contributed by atoms with E-state index < -0.39 is 0 Å². The summed E-state index contributed by atoms with van der Waals surface area (Å²) >= 11 is 0. The Bertz CT molecular complexity index is 954. The number of carbonyl (C=O) groups is 1. The van der Waals surface area contributed by atoms with Gasteiger partial charge in [0, 0.05) is 17.6 Å². The summed E-state index contributed by atoms with van der Waals surface area (Å²) < 4.78 is 7.60. The van der Waals surface area contributed by atoms with Gasteiger partial charge in [-0.3, -0.25) is 4.79 Å². The van der Waals surface area contributed by atoms with Crippen molar-refractivity contribution in [1.29, 1.82) is 0 Å². The molecule has 1 aromatic carbocycles. The summed E-state index contributed by atoms with van der Waals surface area (Å²) in [6, 6.07) is 9.86. The number of aromatic nitrogens is 5. The molecule has 0 spiro atoms. The fraction of sp³-hybridized carbons (Fsp3) is 0.421. The van der Waals surface area contributed by atoms with E-state index in [2.05, 4.69) is 25.8 Å². The van der Waals surface area contributed by atoms with E-state index in [9.17, 15) is 4.79 Å². The number of hydrogen-bond acceptors (Lipinski definition) is 6. The summed E-state index contributed by atoms with van der Waals surface area (Å²) in [7, 11) is 0. The number of nitrogens with one attached hydrogen (secondary N) is 1. The number of hydrogen-bond donors (Lipinski definition) is 1. The second kappa shape index (κ2) is 7.69. The summed E-state index contributed by atoms with van der Waals surface area (Å²) in [5.41, 5.74) is 1.78. The van der Waals surface area contributed by atoms with Crippen LogP contribution in [-0.2, 0) is 11.3 Å². The fourth-order valence-corrected chi connectivity index (χ4v) is 3.40. The molecule has 1 aliphatic rings. The van der Waals surface area contributed by atoms with Crippen LogP contribution >= 0.6 is 0 Å². The number of pyridine rings is 1. The van der Waals surface area contributed by atoms with Crippen molar-refractivity contribution in [3.05, 3.63) is 41.9 Å². The van der Waals surface area contributed by atoms with Gasteiger partial charge >= 0.3 is 0 Å². The Hall–Kier alpha value is -3.03. The molecule has 1 atom stereocenters. The lowest BCUT2D eigenvalue weighted by Crippen LogP contribution is -2.33. The zero-order chi connectivity index (χ0) is 18.6. The number of amides is 1. The minimum Gasteiger partial charge on any atom is -0.489 e. The molecule has 8 nitrogen and oxygen atoms in total. The first-order valence-electron chi connectivity index (χ1n) is 9.25. The molecule has 0 saturated heterocycles. The van der Waals surface area contributed by atoms with Crippen molar-refractivity contribution in [3.63, 3.8) is 0 Å². The van der Waals surface area contributed by atoms with E-state index in [1.54, 1.807) is 4.68 Å². The summed E-state index contributed by atoms with van der Waals surface area (Å²) in [6.45, 7) is 3.51. The van der Waals surface area contributed by atoms with E-state index in [0.717, 1.165) is 48.2 Å². The minimum atomic E-state index is -0.302. The molecule has 140 valence electrons. The van der Waals surface area contributed by atoms with Gasteiger partial charge in [-0.1, -0.05) is 24.6 Å². The number of benzene rings is 1. The average Bonchev–Trinajstić information content (AvgIpc) is 3.04. The molecule has 2 aromatic heterocycles. The Morgan fingerprint density at radius 3 is 3.15 bits per heavy atom. The highest BCUT2D eigenvalue weighted by Gasteiger charge is 2.28. The number of tetrazole rings is 1. The van der Waals surface area contributed by atoms with Crippen LogP contribution in [0.4, 0.5) is 0 Å². The Labute approximate surface area is 156 Å². The van der Waals surface area contributed by atoms with E-state index >= 15 is 0 Å². The van der Waals surface area contributed by atoms with Gasteiger partial charge in [0.2, 0.25) is 5.91 Å². The largest absolute Gasteiger partial charge is 0.489 e. The van der Waals surface area contributed by atoms with Gasteiger partial charge in [-0.05, 0) is 42.3 Å². The van der Waals surface area contributed by atoms with Crippen molar-refractivity contribution in [2.24, 2.45) is 0 Å². The molecule has 0 fully saturated rings. The van der Waals surface area contributed by atoms with Crippen molar-refractivity contribution < 1.29 is 9.53 Å². The van der Waals surface area contributed by atoms with Crippen LogP contribution in [0.25, 0.3) is 10.9 Å². The smallest absolute Gasteiger partial charge is 0.230 e. The summed E-state index contributed by atoms with van der Waals surface area (Å²) in [6.07, 6.45) is 2.72. The van der Waals surface area contributed by atoms with Crippen molar-refractivity contribution in [2.45, 2.75) is 38.6 Å². The molecular weight excluding hydrogens is 344 g/mol. The molecule has 1 aliphatic heterocycles. The molecule has 8 heteroatoms. The standard InChI is InChI=1S/C19H22N6O2/c1-13-8-9-14-5-4-7-16(17(14)21-13)27-12-10-20-19(26)15-6-2-3-11-25-18(15)22-23-24-25/h4-5,7-9,15H,2-3,6,10-12H2,1H3,(H,20,26)/t15-/m1/s1. The molecule has 0 unspecified atom stereocenters. The predicted molar refractivity (Wildman–Crippen MR) is 99.4 cm³/mol. The lowest BCUT2D eigenvalue weighted by Gasteiger charge is -2.14. The van der Waals surface area contributed by atoms with Crippen LogP contribution in [0.15, 0.2) is 30.3 Å². The zero-order valence-corrected chi connectivity index (χ0v) is 15.3. The Morgan fingerprint density at radius 1 is 1.30 bits per heavy atom. The van der Waals surface area contributed by atoms with Crippen molar-refractivity contribution in [3.8, 4) is 5.75 Å². The summed E-state index contributed by atoms with van der Waals surface area (Å²) in [5.74, 6) is 1.02. The van der Waals surface area contributed by atoms with Gasteiger partial charge in [0.25, 0.3) is 0 Å². The van der Waals surface area contributed by atoms with Crippen molar-refractivity contribution in [1.82, 2.24) is 30.5 Å². The Kier molecular flexibility index (Phi) is 4.95. The number of carbonyl (C=O) groups excluding carboxylic acids is 1. The van der Waals surface area contributed by atoms with E-state index in [1.165, 1.54) is 0 Å². The van der Waals surface area contributed by atoms with Crippen LogP contribution in [0.1, 0.15) is 36.7 Å². The van der Waals surface area contributed by atoms with Gasteiger partial charge in [0.1, 0.15) is 17.9 Å². The van der Waals surface area contributed by atoms with Crippen LogP contribution in [0.5, 0.6) is 5.75 Å². The number of fused-ring (bicyclic) bond motifs is 2. The monoisotopic (exact) mass is 366 g/mol. The quantitative estimate of drug-likeness (QED) is 0.694. The average molecular weight is 366 g/mol. The Balaban J connectivity index is 1.36. The molecule has 1 amide bonds. The minimum absolute atomic E-state index is 0.0524. The Morgan fingerprint density at radius 2 is 2.22 bits per heavy atom. The van der Waals surface area contributed by atoms with E-state index in [1.807, 2.05) is 37.3 Å². The second-order valence-electron chi connectivity index (χ2n) is 6.73. The SMILES string of the molecule is Cc1ccc2cccc(OCCNC(=O)[C@@H]3CCCCn4nnnc43)c2n1. The third-order valence-corrected chi connectivity index (χ3v) is 4.78. The van der Waals surface area contributed by atoms with Gasteiger partial charge in [-0.2, -0.15) is 0 Å². The van der Waals surface area contributed by atoms with Crippen LogP contribution < -0.4 is 10.1 Å². The number of aryl methyl sites for hydroxylation is 2. The molecule has 27 heavy (non-hydrogen) atoms. The molecule has 1 N–H and O–H groups in total. The van der Waals surface area contributed by atoms with E-state index in [0.29, 0.717) is 19.0 Å². The summed E-state index contributed by atoms with van der Waals surface area (Å²) in [5, 5.41) is 15.7. The normalized spacial score (nSPS) is 16.6. The molecule has 3 aromatic rings. The first kappa shape index (κ1) is 17.4. The number of nitrogens with zero attached hydrogens (tertiary/aromatic N) is 5.